The molecule has 1 amide bonds. The first-order chi connectivity index (χ1) is 16.7. The van der Waals surface area contributed by atoms with Crippen molar-refractivity contribution in [3.63, 3.8) is 0 Å². The van der Waals surface area contributed by atoms with Crippen LogP contribution in [0.15, 0.2) is 109 Å². The molecule has 1 aliphatic rings. The first-order valence-corrected chi connectivity index (χ1v) is 13.5. The minimum absolute atomic E-state index is 0.00688. The Morgan fingerprint density at radius 3 is 1.88 bits per heavy atom. The molecule has 5 heteroatoms. The summed E-state index contributed by atoms with van der Waals surface area (Å²) in [7, 11) is 1.65. The van der Waals surface area contributed by atoms with Gasteiger partial charge in [0.25, 0.3) is 0 Å². The number of benzene rings is 4. The molecule has 0 aliphatic carbocycles. The molecule has 4 aromatic carbocycles. The van der Waals surface area contributed by atoms with Crippen molar-refractivity contribution in [2.45, 2.75) is 15.7 Å². The minimum atomic E-state index is -0.0822. The zero-order valence-corrected chi connectivity index (χ0v) is 21.1. The number of β-lactam (4-membered cyclic amide) rings is 1. The summed E-state index contributed by atoms with van der Waals surface area (Å²) in [6.07, 6.45) is 0. The van der Waals surface area contributed by atoms with Crippen LogP contribution in [0.4, 0.5) is 5.69 Å². The monoisotopic (exact) mass is 533 g/mol. The third-order valence-electron chi connectivity index (χ3n) is 6.10. The summed E-state index contributed by atoms with van der Waals surface area (Å²) in [4.78, 5) is 15.7. The molecule has 1 aliphatic heterocycles. The van der Waals surface area contributed by atoms with Gasteiger partial charge in [-0.3, -0.25) is 0 Å². The number of halogens is 1. The number of hydrogen-bond donors (Lipinski definition) is 0. The summed E-state index contributed by atoms with van der Waals surface area (Å²) in [5.74, 6) is 0.940. The van der Waals surface area contributed by atoms with Gasteiger partial charge < -0.3 is 0 Å². The fourth-order valence-electron chi connectivity index (χ4n) is 4.36. The fraction of sp³-hybridized carbons (Fsp3) is 0.138. The number of ether oxygens (including phenoxy) is 1. The summed E-state index contributed by atoms with van der Waals surface area (Å²) in [6, 6.07) is 36.6. The van der Waals surface area contributed by atoms with E-state index < -0.39 is 0 Å². The molecule has 1 fully saturated rings. The van der Waals surface area contributed by atoms with Crippen LogP contribution < -0.4 is 9.64 Å². The Morgan fingerprint density at radius 2 is 1.35 bits per heavy atom. The molecular formula is C29H24ClNO2Se. The molecule has 34 heavy (non-hydrogen) atoms. The number of carbonyl (C=O) groups is 1. The van der Waals surface area contributed by atoms with E-state index >= 15 is 0 Å². The SMILES string of the molecule is COc1ccc(N2C(=O)[C@H]([Se]C(c3ccccc3)c3ccccc3)[C@H]2c2ccc(Cl)cc2)cc1. The van der Waals surface area contributed by atoms with E-state index in [2.05, 4.69) is 48.5 Å². The van der Waals surface area contributed by atoms with Crippen molar-refractivity contribution in [1.29, 1.82) is 0 Å². The Balaban J connectivity index is 1.52. The quantitative estimate of drug-likeness (QED) is 0.195. The molecule has 0 bridgehead atoms. The average Bonchev–Trinajstić information content (AvgIpc) is 2.89. The Hall–Kier alpha value is -3.04. The Morgan fingerprint density at radius 1 is 0.794 bits per heavy atom. The average molecular weight is 533 g/mol. The first-order valence-electron chi connectivity index (χ1n) is 11.1. The predicted octanol–water partition coefficient (Wildman–Crippen LogP) is 6.72. The molecule has 0 N–H and O–H groups in total. The zero-order chi connectivity index (χ0) is 23.5. The van der Waals surface area contributed by atoms with E-state index in [0.717, 1.165) is 17.0 Å². The summed E-state index contributed by atoms with van der Waals surface area (Å²) < 4.78 is 5.31. The van der Waals surface area contributed by atoms with Gasteiger partial charge in [-0.2, -0.15) is 0 Å². The number of carbonyl (C=O) groups excluding carboxylic acids is 1. The van der Waals surface area contributed by atoms with Gasteiger partial charge >= 0.3 is 212 Å². The van der Waals surface area contributed by atoms with Gasteiger partial charge in [-0.15, -0.1) is 0 Å². The van der Waals surface area contributed by atoms with Gasteiger partial charge in [-0.1, -0.05) is 0 Å². The molecule has 5 rings (SSSR count). The normalized spacial score (nSPS) is 17.5. The Kier molecular flexibility index (Phi) is 6.73. The molecule has 1 saturated heterocycles. The van der Waals surface area contributed by atoms with Crippen molar-refractivity contribution < 1.29 is 9.53 Å². The van der Waals surface area contributed by atoms with Gasteiger partial charge in [0.05, 0.1) is 0 Å². The summed E-state index contributed by atoms with van der Waals surface area (Å²) in [6.45, 7) is 0. The molecule has 4 aromatic rings. The van der Waals surface area contributed by atoms with E-state index in [1.54, 1.807) is 7.11 Å². The third-order valence-corrected chi connectivity index (χ3v) is 9.64. The van der Waals surface area contributed by atoms with Crippen molar-refractivity contribution in [1.82, 2.24) is 0 Å². The van der Waals surface area contributed by atoms with Gasteiger partial charge in [-0.05, 0) is 0 Å². The van der Waals surface area contributed by atoms with Crippen molar-refractivity contribution in [3.8, 4) is 5.75 Å². The van der Waals surface area contributed by atoms with Gasteiger partial charge in [0.15, 0.2) is 0 Å². The molecule has 0 spiro atoms. The summed E-state index contributed by atoms with van der Waals surface area (Å²) in [5.41, 5.74) is 4.49. The van der Waals surface area contributed by atoms with Crippen LogP contribution in [0.5, 0.6) is 5.75 Å². The van der Waals surface area contributed by atoms with Crippen LogP contribution in [0, 0.1) is 0 Å². The van der Waals surface area contributed by atoms with E-state index in [1.165, 1.54) is 11.1 Å². The molecule has 0 unspecified atom stereocenters. The van der Waals surface area contributed by atoms with Crippen LogP contribution in [-0.2, 0) is 4.79 Å². The Labute approximate surface area is 211 Å². The van der Waals surface area contributed by atoms with E-state index in [1.807, 2.05) is 65.6 Å². The number of anilines is 1. The van der Waals surface area contributed by atoms with Crippen molar-refractivity contribution in [3.05, 3.63) is 131 Å². The van der Waals surface area contributed by atoms with Gasteiger partial charge in [0.1, 0.15) is 0 Å². The molecule has 170 valence electrons. The van der Waals surface area contributed by atoms with Gasteiger partial charge in [-0.25, -0.2) is 0 Å². The second kappa shape index (κ2) is 10.1. The standard InChI is InChI=1S/C29H24ClNO2Se/c1-33-25-18-16-24(17-19-25)31-26(20-12-14-23(30)15-13-20)28(29(31)32)34-27(21-8-4-2-5-9-21)22-10-6-3-7-11-22/h2-19,26-28H,1H3/t26-,28-/m1/s1. The number of methoxy groups -OCH3 is 1. The molecule has 1 heterocycles. The molecule has 0 radical (unpaired) electrons. The van der Waals surface area contributed by atoms with Crippen molar-refractivity contribution in [2.75, 3.05) is 12.0 Å². The predicted molar refractivity (Wildman–Crippen MR) is 139 cm³/mol. The first kappa shape index (κ1) is 22.7. The van der Waals surface area contributed by atoms with Gasteiger partial charge in [0, 0.05) is 0 Å². The van der Waals surface area contributed by atoms with Crippen LogP contribution in [0.2, 0.25) is 9.84 Å². The Bertz CT molecular complexity index is 1210. The zero-order valence-electron chi connectivity index (χ0n) is 18.7. The summed E-state index contributed by atoms with van der Waals surface area (Å²) in [5, 5.41) is 0.693. The molecule has 2 atom stereocenters. The van der Waals surface area contributed by atoms with Crippen LogP contribution in [0.25, 0.3) is 0 Å². The van der Waals surface area contributed by atoms with E-state index in [4.69, 9.17) is 16.3 Å². The molecular weight excluding hydrogens is 509 g/mol. The number of rotatable bonds is 7. The van der Waals surface area contributed by atoms with E-state index in [0.29, 0.717) is 5.02 Å². The maximum atomic E-state index is 13.6. The molecule has 0 aromatic heterocycles. The van der Waals surface area contributed by atoms with Crippen LogP contribution in [0.1, 0.15) is 27.5 Å². The van der Waals surface area contributed by atoms with E-state index in [-0.39, 0.29) is 36.5 Å². The second-order valence-electron chi connectivity index (χ2n) is 8.16. The van der Waals surface area contributed by atoms with Crippen LogP contribution in [-0.4, -0.2) is 28.0 Å². The second-order valence-corrected chi connectivity index (χ2v) is 11.2. The number of nitrogens with zero attached hydrogens (tertiary/aromatic N) is 1. The summed E-state index contributed by atoms with van der Waals surface area (Å²) >= 11 is 6.18. The topological polar surface area (TPSA) is 29.5 Å². The molecule has 3 nitrogen and oxygen atoms in total. The van der Waals surface area contributed by atoms with Crippen LogP contribution >= 0.6 is 11.6 Å². The van der Waals surface area contributed by atoms with Gasteiger partial charge in [0.2, 0.25) is 0 Å². The molecule has 0 saturated carbocycles. The van der Waals surface area contributed by atoms with Crippen molar-refractivity contribution in [2.24, 2.45) is 0 Å². The third kappa shape index (κ3) is 4.50. The van der Waals surface area contributed by atoms with Crippen molar-refractivity contribution >= 4 is 38.2 Å². The maximum absolute atomic E-state index is 13.6. The van der Waals surface area contributed by atoms with Crippen LogP contribution in [0.3, 0.4) is 0 Å². The fourth-order valence-corrected chi connectivity index (χ4v) is 7.80. The number of amides is 1. The van der Waals surface area contributed by atoms with E-state index in [9.17, 15) is 4.79 Å². The number of hydrogen-bond acceptors (Lipinski definition) is 2.